The lowest BCUT2D eigenvalue weighted by molar-refractivity contribution is 0.0684. The minimum absolute atomic E-state index is 0.374. The molecule has 138 valence electrons. The van der Waals surface area contributed by atoms with Crippen molar-refractivity contribution in [2.45, 2.75) is 32.4 Å². The lowest BCUT2D eigenvalue weighted by Gasteiger charge is -2.41. The maximum absolute atomic E-state index is 9.86. The Morgan fingerprint density at radius 2 is 1.76 bits per heavy atom. The third kappa shape index (κ3) is 4.17. The van der Waals surface area contributed by atoms with Crippen LogP contribution in [0.3, 0.4) is 0 Å². The van der Waals surface area contributed by atoms with Crippen molar-refractivity contribution in [3.05, 3.63) is 17.7 Å². The van der Waals surface area contributed by atoms with E-state index in [1.165, 1.54) is 0 Å². The number of methoxy groups -OCH3 is 3. The number of rotatable bonds is 7. The normalized spacial score (nSPS) is 19.9. The van der Waals surface area contributed by atoms with Crippen molar-refractivity contribution in [3.8, 4) is 23.3 Å². The van der Waals surface area contributed by atoms with Gasteiger partial charge in [0, 0.05) is 37.3 Å². The van der Waals surface area contributed by atoms with Gasteiger partial charge in [-0.05, 0) is 26.0 Å². The zero-order chi connectivity index (χ0) is 18.4. The second-order valence-electron chi connectivity index (χ2n) is 6.36. The van der Waals surface area contributed by atoms with Gasteiger partial charge in [0.1, 0.15) is 11.8 Å². The molecule has 1 heterocycles. The highest BCUT2D eigenvalue weighted by Crippen LogP contribution is 2.39. The molecule has 0 aliphatic carbocycles. The van der Waals surface area contributed by atoms with Gasteiger partial charge in [-0.3, -0.25) is 9.80 Å². The number of nitriles is 1. The standard InChI is InChI=1S/C19H29N3O3/c1-6-7-21-8-9-22(13-14(21)2)16(12-20)15-10-18(24-4)19(25-5)11-17(15)23-3/h10-11,14,16H,6-9,13H2,1-5H3. The van der Waals surface area contributed by atoms with E-state index in [0.29, 0.717) is 23.3 Å². The predicted octanol–water partition coefficient (Wildman–Crippen LogP) is 2.69. The summed E-state index contributed by atoms with van der Waals surface area (Å²) in [6.45, 7) is 8.22. The highest BCUT2D eigenvalue weighted by molar-refractivity contribution is 5.53. The van der Waals surface area contributed by atoms with Gasteiger partial charge in [0.2, 0.25) is 0 Å². The summed E-state index contributed by atoms with van der Waals surface area (Å²) in [7, 11) is 4.80. The summed E-state index contributed by atoms with van der Waals surface area (Å²) in [6.07, 6.45) is 1.15. The van der Waals surface area contributed by atoms with E-state index in [9.17, 15) is 5.26 Å². The largest absolute Gasteiger partial charge is 0.496 e. The Morgan fingerprint density at radius 1 is 1.12 bits per heavy atom. The van der Waals surface area contributed by atoms with Gasteiger partial charge in [-0.25, -0.2) is 0 Å². The van der Waals surface area contributed by atoms with Crippen LogP contribution in [0.4, 0.5) is 0 Å². The van der Waals surface area contributed by atoms with Crippen LogP contribution >= 0.6 is 0 Å². The summed E-state index contributed by atoms with van der Waals surface area (Å²) < 4.78 is 16.3. The number of ether oxygens (including phenoxy) is 3. The number of hydrogen-bond donors (Lipinski definition) is 0. The molecule has 0 saturated carbocycles. The Kier molecular flexibility index (Phi) is 6.91. The average Bonchev–Trinajstić information content (AvgIpc) is 2.64. The molecule has 2 unspecified atom stereocenters. The van der Waals surface area contributed by atoms with Crippen LogP contribution in [-0.2, 0) is 0 Å². The highest BCUT2D eigenvalue weighted by atomic mass is 16.5. The Labute approximate surface area is 150 Å². The van der Waals surface area contributed by atoms with Crippen LogP contribution in [-0.4, -0.2) is 63.4 Å². The fourth-order valence-electron chi connectivity index (χ4n) is 3.49. The number of nitrogens with zero attached hydrogens (tertiary/aromatic N) is 3. The van der Waals surface area contributed by atoms with Gasteiger partial charge in [0.25, 0.3) is 0 Å². The molecule has 1 aromatic rings. The Balaban J connectivity index is 2.30. The average molecular weight is 347 g/mol. The van der Waals surface area contributed by atoms with E-state index in [0.717, 1.165) is 38.2 Å². The van der Waals surface area contributed by atoms with E-state index in [-0.39, 0.29) is 6.04 Å². The molecule has 0 amide bonds. The van der Waals surface area contributed by atoms with Crippen LogP contribution in [0.1, 0.15) is 31.9 Å². The zero-order valence-corrected chi connectivity index (χ0v) is 15.9. The third-order valence-corrected chi connectivity index (χ3v) is 4.83. The van der Waals surface area contributed by atoms with Crippen molar-refractivity contribution in [2.24, 2.45) is 0 Å². The van der Waals surface area contributed by atoms with Crippen molar-refractivity contribution < 1.29 is 14.2 Å². The molecule has 6 heteroatoms. The van der Waals surface area contributed by atoms with Crippen LogP contribution in [0.15, 0.2) is 12.1 Å². The summed E-state index contributed by atoms with van der Waals surface area (Å²) in [5.41, 5.74) is 0.818. The van der Waals surface area contributed by atoms with Crippen LogP contribution in [0.25, 0.3) is 0 Å². The number of piperazine rings is 1. The Bertz CT molecular complexity index is 615. The lowest BCUT2D eigenvalue weighted by Crippen LogP contribution is -2.52. The first-order valence-corrected chi connectivity index (χ1v) is 8.77. The molecule has 1 saturated heterocycles. The molecule has 1 aromatic carbocycles. The Hall–Kier alpha value is -1.97. The molecule has 2 atom stereocenters. The van der Waals surface area contributed by atoms with Gasteiger partial charge < -0.3 is 14.2 Å². The molecule has 1 aliphatic rings. The first kappa shape index (κ1) is 19.4. The maximum atomic E-state index is 9.86. The van der Waals surface area contributed by atoms with Crippen LogP contribution in [0.2, 0.25) is 0 Å². The number of benzene rings is 1. The first-order chi connectivity index (χ1) is 12.1. The van der Waals surface area contributed by atoms with Crippen molar-refractivity contribution in [2.75, 3.05) is 47.5 Å². The molecule has 6 nitrogen and oxygen atoms in total. The third-order valence-electron chi connectivity index (χ3n) is 4.83. The summed E-state index contributed by atoms with van der Waals surface area (Å²) in [5.74, 6) is 1.85. The van der Waals surface area contributed by atoms with Crippen molar-refractivity contribution in [3.63, 3.8) is 0 Å². The maximum Gasteiger partial charge on any atom is 0.164 e. The van der Waals surface area contributed by atoms with Gasteiger partial charge >= 0.3 is 0 Å². The minimum Gasteiger partial charge on any atom is -0.496 e. The molecule has 0 aromatic heterocycles. The van der Waals surface area contributed by atoms with Gasteiger partial charge in [0.15, 0.2) is 11.5 Å². The topological polar surface area (TPSA) is 58.0 Å². The summed E-state index contributed by atoms with van der Waals surface area (Å²) in [5, 5.41) is 9.86. The first-order valence-electron chi connectivity index (χ1n) is 8.77. The van der Waals surface area contributed by atoms with E-state index in [1.807, 2.05) is 6.07 Å². The fraction of sp³-hybridized carbons (Fsp3) is 0.632. The molecule has 1 fully saturated rings. The number of hydrogen-bond acceptors (Lipinski definition) is 6. The monoisotopic (exact) mass is 347 g/mol. The molecule has 2 rings (SSSR count). The van der Waals surface area contributed by atoms with Crippen LogP contribution in [0, 0.1) is 11.3 Å². The molecule has 0 spiro atoms. The quantitative estimate of drug-likeness (QED) is 0.756. The lowest BCUT2D eigenvalue weighted by atomic mass is 10.0. The minimum atomic E-state index is -0.374. The van der Waals surface area contributed by atoms with Gasteiger partial charge in [-0.1, -0.05) is 6.92 Å². The summed E-state index contributed by atoms with van der Waals surface area (Å²) >= 11 is 0. The summed E-state index contributed by atoms with van der Waals surface area (Å²) in [4.78, 5) is 4.71. The fourth-order valence-corrected chi connectivity index (χ4v) is 3.49. The second kappa shape index (κ2) is 8.93. The molecular formula is C19H29N3O3. The predicted molar refractivity (Wildman–Crippen MR) is 97.4 cm³/mol. The summed E-state index contributed by atoms with van der Waals surface area (Å²) in [6, 6.07) is 6.15. The van der Waals surface area contributed by atoms with Gasteiger partial charge in [-0.2, -0.15) is 5.26 Å². The van der Waals surface area contributed by atoms with E-state index < -0.39 is 0 Å². The van der Waals surface area contributed by atoms with Crippen molar-refractivity contribution in [1.29, 1.82) is 5.26 Å². The second-order valence-corrected chi connectivity index (χ2v) is 6.36. The molecule has 0 bridgehead atoms. The van der Waals surface area contributed by atoms with Gasteiger partial charge in [0.05, 0.1) is 27.4 Å². The van der Waals surface area contributed by atoms with E-state index in [2.05, 4.69) is 29.7 Å². The molecule has 0 radical (unpaired) electrons. The van der Waals surface area contributed by atoms with Crippen LogP contribution < -0.4 is 14.2 Å². The van der Waals surface area contributed by atoms with Crippen molar-refractivity contribution >= 4 is 0 Å². The SMILES string of the molecule is CCCN1CCN(C(C#N)c2cc(OC)c(OC)cc2OC)CC1C. The smallest absolute Gasteiger partial charge is 0.164 e. The van der Waals surface area contributed by atoms with E-state index >= 15 is 0 Å². The molecular weight excluding hydrogens is 318 g/mol. The van der Waals surface area contributed by atoms with Crippen LogP contribution in [0.5, 0.6) is 17.2 Å². The van der Waals surface area contributed by atoms with Gasteiger partial charge in [-0.15, -0.1) is 0 Å². The van der Waals surface area contributed by atoms with E-state index in [4.69, 9.17) is 14.2 Å². The molecule has 0 N–H and O–H groups in total. The highest BCUT2D eigenvalue weighted by Gasteiger charge is 2.31. The zero-order valence-electron chi connectivity index (χ0n) is 15.9. The van der Waals surface area contributed by atoms with Crippen molar-refractivity contribution in [1.82, 2.24) is 9.80 Å². The molecule has 25 heavy (non-hydrogen) atoms. The molecule has 1 aliphatic heterocycles. The Morgan fingerprint density at radius 3 is 2.28 bits per heavy atom. The van der Waals surface area contributed by atoms with E-state index in [1.54, 1.807) is 27.4 Å².